The highest BCUT2D eigenvalue weighted by Crippen LogP contribution is 2.51. The standard InChI is InChI=1S/C30H20Br2N2S/c31-21-9-13-23(14-10-21)33(24-15-11-22(32)12-16-24)25-17-19-26(20-18-25)34-27-5-1-3-7-29(27)35-30-8-4-2-6-28(30)34/h1-20H. The highest BCUT2D eigenvalue weighted by atomic mass is 79.9. The number of fused-ring (bicyclic) bond motifs is 2. The third-order valence-electron chi connectivity index (χ3n) is 5.97. The molecule has 5 heteroatoms. The van der Waals surface area contributed by atoms with Crippen LogP contribution in [0.2, 0.25) is 0 Å². The molecule has 0 amide bonds. The summed E-state index contributed by atoms with van der Waals surface area (Å²) in [5, 5.41) is 0. The minimum absolute atomic E-state index is 1.06. The van der Waals surface area contributed by atoms with Gasteiger partial charge in [-0.3, -0.25) is 0 Å². The van der Waals surface area contributed by atoms with Crippen molar-refractivity contribution in [3.05, 3.63) is 130 Å². The van der Waals surface area contributed by atoms with Gasteiger partial charge >= 0.3 is 0 Å². The lowest BCUT2D eigenvalue weighted by molar-refractivity contribution is 1.16. The highest BCUT2D eigenvalue weighted by molar-refractivity contribution is 9.10. The highest BCUT2D eigenvalue weighted by Gasteiger charge is 2.24. The van der Waals surface area contributed by atoms with E-state index < -0.39 is 0 Å². The predicted octanol–water partition coefficient (Wildman–Crippen LogP) is 10.6. The molecule has 1 aliphatic rings. The maximum atomic E-state index is 3.56. The fraction of sp³-hybridized carbons (Fsp3) is 0. The Morgan fingerprint density at radius 2 is 0.886 bits per heavy atom. The second-order valence-corrected chi connectivity index (χ2v) is 11.1. The molecule has 0 saturated carbocycles. The monoisotopic (exact) mass is 598 g/mol. The van der Waals surface area contributed by atoms with E-state index in [4.69, 9.17) is 0 Å². The van der Waals surface area contributed by atoms with Crippen LogP contribution in [-0.2, 0) is 0 Å². The first-order chi connectivity index (χ1) is 17.2. The first-order valence-corrected chi connectivity index (χ1v) is 13.6. The Balaban J connectivity index is 1.44. The molecular weight excluding hydrogens is 580 g/mol. The Labute approximate surface area is 226 Å². The van der Waals surface area contributed by atoms with Gasteiger partial charge in [-0.2, -0.15) is 0 Å². The lowest BCUT2D eigenvalue weighted by Gasteiger charge is -2.33. The first kappa shape index (κ1) is 22.5. The zero-order chi connectivity index (χ0) is 23.8. The summed E-state index contributed by atoms with van der Waals surface area (Å²) in [6, 6.07) is 42.9. The number of anilines is 6. The summed E-state index contributed by atoms with van der Waals surface area (Å²) >= 11 is 8.96. The molecule has 0 spiro atoms. The van der Waals surface area contributed by atoms with Gasteiger partial charge in [0.2, 0.25) is 0 Å². The van der Waals surface area contributed by atoms with E-state index in [2.05, 4.69) is 163 Å². The second kappa shape index (κ2) is 9.57. The number of hydrogen-bond acceptors (Lipinski definition) is 3. The zero-order valence-corrected chi connectivity index (χ0v) is 22.6. The Bertz CT molecular complexity index is 1390. The van der Waals surface area contributed by atoms with Gasteiger partial charge in [-0.15, -0.1) is 0 Å². The molecule has 1 aliphatic heterocycles. The lowest BCUT2D eigenvalue weighted by Crippen LogP contribution is -2.15. The van der Waals surface area contributed by atoms with Crippen molar-refractivity contribution in [2.75, 3.05) is 9.80 Å². The van der Waals surface area contributed by atoms with Crippen LogP contribution >= 0.6 is 43.6 Å². The summed E-state index contributed by atoms with van der Waals surface area (Å²) in [5.74, 6) is 0. The summed E-state index contributed by atoms with van der Waals surface area (Å²) in [4.78, 5) is 7.16. The van der Waals surface area contributed by atoms with Gasteiger partial charge in [-0.05, 0) is 97.1 Å². The van der Waals surface area contributed by atoms with Crippen LogP contribution in [0.3, 0.4) is 0 Å². The summed E-state index contributed by atoms with van der Waals surface area (Å²) < 4.78 is 2.13. The molecule has 1 heterocycles. The molecule has 0 saturated heterocycles. The van der Waals surface area contributed by atoms with Crippen molar-refractivity contribution < 1.29 is 0 Å². The van der Waals surface area contributed by atoms with Crippen molar-refractivity contribution in [2.45, 2.75) is 9.79 Å². The Kier molecular flexibility index (Phi) is 6.15. The van der Waals surface area contributed by atoms with Crippen molar-refractivity contribution in [1.29, 1.82) is 0 Å². The summed E-state index contributed by atoms with van der Waals surface area (Å²) in [7, 11) is 0. The van der Waals surface area contributed by atoms with Crippen LogP contribution < -0.4 is 9.80 Å². The quantitative estimate of drug-likeness (QED) is 0.199. The normalized spacial score (nSPS) is 12.1. The van der Waals surface area contributed by atoms with Gasteiger partial charge in [0.05, 0.1) is 11.4 Å². The van der Waals surface area contributed by atoms with Crippen LogP contribution in [0.15, 0.2) is 140 Å². The number of nitrogens with zero attached hydrogens (tertiary/aromatic N) is 2. The average Bonchev–Trinajstić information content (AvgIpc) is 2.90. The molecule has 0 aromatic heterocycles. The predicted molar refractivity (Wildman–Crippen MR) is 155 cm³/mol. The molecule has 5 aromatic rings. The Morgan fingerprint density at radius 3 is 1.34 bits per heavy atom. The number of para-hydroxylation sites is 2. The molecule has 5 aromatic carbocycles. The van der Waals surface area contributed by atoms with Crippen molar-refractivity contribution in [3.63, 3.8) is 0 Å². The van der Waals surface area contributed by atoms with E-state index >= 15 is 0 Å². The van der Waals surface area contributed by atoms with Crippen molar-refractivity contribution in [3.8, 4) is 0 Å². The molecule has 0 aliphatic carbocycles. The van der Waals surface area contributed by atoms with Gasteiger partial charge in [0.1, 0.15) is 0 Å². The third-order valence-corrected chi connectivity index (χ3v) is 8.16. The van der Waals surface area contributed by atoms with E-state index in [1.807, 2.05) is 11.8 Å². The van der Waals surface area contributed by atoms with Crippen molar-refractivity contribution >= 4 is 77.7 Å². The molecule has 0 radical (unpaired) electrons. The van der Waals surface area contributed by atoms with Crippen LogP contribution in [0.5, 0.6) is 0 Å². The van der Waals surface area contributed by atoms with Crippen LogP contribution in [0.1, 0.15) is 0 Å². The smallest absolute Gasteiger partial charge is 0.0601 e. The maximum absolute atomic E-state index is 3.56. The Hall–Kier alpha value is -2.99. The molecule has 0 fully saturated rings. The van der Waals surface area contributed by atoms with Gasteiger partial charge in [0.15, 0.2) is 0 Å². The minimum atomic E-state index is 1.06. The van der Waals surface area contributed by atoms with Gasteiger partial charge in [-0.25, -0.2) is 0 Å². The number of halogens is 2. The topological polar surface area (TPSA) is 6.48 Å². The Morgan fingerprint density at radius 1 is 0.486 bits per heavy atom. The van der Waals surface area contributed by atoms with Gasteiger partial charge < -0.3 is 9.80 Å². The van der Waals surface area contributed by atoms with E-state index in [0.29, 0.717) is 0 Å². The van der Waals surface area contributed by atoms with Crippen molar-refractivity contribution in [1.82, 2.24) is 0 Å². The van der Waals surface area contributed by atoms with E-state index in [1.165, 1.54) is 21.2 Å². The number of benzene rings is 5. The summed E-state index contributed by atoms with van der Waals surface area (Å²) in [5.41, 5.74) is 6.87. The van der Waals surface area contributed by atoms with Crippen LogP contribution in [0.25, 0.3) is 0 Å². The van der Waals surface area contributed by atoms with E-state index in [1.54, 1.807) is 0 Å². The first-order valence-electron chi connectivity index (χ1n) is 11.2. The molecule has 35 heavy (non-hydrogen) atoms. The molecule has 170 valence electrons. The minimum Gasteiger partial charge on any atom is -0.311 e. The largest absolute Gasteiger partial charge is 0.311 e. The average molecular weight is 600 g/mol. The molecular formula is C30H20Br2N2S. The molecule has 2 nitrogen and oxygen atoms in total. The van der Waals surface area contributed by atoms with Crippen LogP contribution in [-0.4, -0.2) is 0 Å². The van der Waals surface area contributed by atoms with Gasteiger partial charge in [-0.1, -0.05) is 67.9 Å². The zero-order valence-electron chi connectivity index (χ0n) is 18.6. The fourth-order valence-corrected chi connectivity index (χ4v) is 5.95. The van der Waals surface area contributed by atoms with Gasteiger partial charge in [0, 0.05) is 41.5 Å². The van der Waals surface area contributed by atoms with E-state index in [-0.39, 0.29) is 0 Å². The third kappa shape index (κ3) is 4.40. The van der Waals surface area contributed by atoms with Gasteiger partial charge in [0.25, 0.3) is 0 Å². The number of rotatable bonds is 4. The lowest BCUT2D eigenvalue weighted by atomic mass is 10.1. The maximum Gasteiger partial charge on any atom is 0.0601 e. The SMILES string of the molecule is Brc1ccc(N(c2ccc(Br)cc2)c2ccc(N3c4ccccc4Sc4ccccc43)cc2)cc1. The molecule has 0 atom stereocenters. The molecule has 6 rings (SSSR count). The molecule has 0 unspecified atom stereocenters. The molecule has 0 N–H and O–H groups in total. The van der Waals surface area contributed by atoms with Crippen LogP contribution in [0, 0.1) is 0 Å². The van der Waals surface area contributed by atoms with E-state index in [9.17, 15) is 0 Å². The fourth-order valence-electron chi connectivity index (χ4n) is 4.36. The second-order valence-electron chi connectivity index (χ2n) is 8.18. The van der Waals surface area contributed by atoms with Crippen molar-refractivity contribution in [2.24, 2.45) is 0 Å². The van der Waals surface area contributed by atoms with E-state index in [0.717, 1.165) is 31.7 Å². The van der Waals surface area contributed by atoms with Crippen LogP contribution in [0.4, 0.5) is 34.1 Å². The molecule has 0 bridgehead atoms. The summed E-state index contributed by atoms with van der Waals surface area (Å²) in [6.07, 6.45) is 0. The number of hydrogen-bond donors (Lipinski definition) is 0. The summed E-state index contributed by atoms with van der Waals surface area (Å²) in [6.45, 7) is 0.